The Morgan fingerprint density at radius 2 is 1.89 bits per heavy atom. The predicted molar refractivity (Wildman–Crippen MR) is 107 cm³/mol. The van der Waals surface area contributed by atoms with Gasteiger partial charge in [0.1, 0.15) is 0 Å². The van der Waals surface area contributed by atoms with E-state index in [2.05, 4.69) is 0 Å². The second kappa shape index (κ2) is 9.52. The lowest BCUT2D eigenvalue weighted by atomic mass is 10.0. The van der Waals surface area contributed by atoms with Crippen LogP contribution in [0.4, 0.5) is 0 Å². The number of nitrogens with zero attached hydrogens (tertiary/aromatic N) is 2. The van der Waals surface area contributed by atoms with E-state index in [9.17, 15) is 18.0 Å². The van der Waals surface area contributed by atoms with Crippen molar-refractivity contribution in [1.82, 2.24) is 9.21 Å². The van der Waals surface area contributed by atoms with Crippen molar-refractivity contribution in [2.45, 2.75) is 57.9 Å². The van der Waals surface area contributed by atoms with Gasteiger partial charge < -0.3 is 9.64 Å². The van der Waals surface area contributed by atoms with E-state index in [0.717, 1.165) is 19.3 Å². The summed E-state index contributed by atoms with van der Waals surface area (Å²) >= 11 is 0. The molecule has 28 heavy (non-hydrogen) atoms. The molecule has 1 aromatic carbocycles. The average molecular weight is 411 g/mol. The molecular weight excluding hydrogens is 380 g/mol. The smallest absolute Gasteiger partial charge is 0.338 e. The van der Waals surface area contributed by atoms with E-state index in [0.29, 0.717) is 25.2 Å². The first-order chi connectivity index (χ1) is 13.2. The fourth-order valence-electron chi connectivity index (χ4n) is 3.47. The summed E-state index contributed by atoms with van der Waals surface area (Å²) in [5.74, 6) is -0.919. The van der Waals surface area contributed by atoms with Crippen LogP contribution >= 0.6 is 0 Å². The highest BCUT2D eigenvalue weighted by Crippen LogP contribution is 2.22. The molecule has 1 aliphatic heterocycles. The van der Waals surface area contributed by atoms with Gasteiger partial charge in [-0.25, -0.2) is 13.2 Å². The third-order valence-electron chi connectivity index (χ3n) is 5.20. The third kappa shape index (κ3) is 4.91. The first-order valence-corrected chi connectivity index (χ1v) is 11.2. The minimum atomic E-state index is -3.69. The highest BCUT2D eigenvalue weighted by atomic mass is 32.2. The molecule has 0 radical (unpaired) electrons. The summed E-state index contributed by atoms with van der Waals surface area (Å²) in [6, 6.07) is 4.58. The minimum Gasteiger partial charge on any atom is -0.452 e. The van der Waals surface area contributed by atoms with Crippen LogP contribution in [0.25, 0.3) is 0 Å². The summed E-state index contributed by atoms with van der Waals surface area (Å²) < 4.78 is 32.1. The van der Waals surface area contributed by atoms with Crippen LogP contribution in [-0.4, -0.2) is 61.8 Å². The topological polar surface area (TPSA) is 84.0 Å². The number of benzene rings is 1. The Balaban J connectivity index is 2.13. The van der Waals surface area contributed by atoms with Gasteiger partial charge in [-0.05, 0) is 50.8 Å². The summed E-state index contributed by atoms with van der Waals surface area (Å²) in [5.41, 5.74) is 0.678. The molecule has 1 heterocycles. The van der Waals surface area contributed by atoms with E-state index >= 15 is 0 Å². The molecule has 1 aromatic rings. The first kappa shape index (κ1) is 22.4. The first-order valence-electron chi connectivity index (χ1n) is 9.79. The average Bonchev–Trinajstić information content (AvgIpc) is 2.67. The van der Waals surface area contributed by atoms with Crippen LogP contribution in [-0.2, 0) is 19.6 Å². The lowest BCUT2D eigenvalue weighted by Gasteiger charge is -2.33. The third-order valence-corrected chi connectivity index (χ3v) is 7.39. The van der Waals surface area contributed by atoms with E-state index in [1.165, 1.54) is 16.4 Å². The van der Waals surface area contributed by atoms with Gasteiger partial charge in [-0.3, -0.25) is 4.79 Å². The van der Waals surface area contributed by atoms with Crippen LogP contribution in [0.3, 0.4) is 0 Å². The number of ether oxygens (including phenoxy) is 1. The normalized spacial score (nSPS) is 17.6. The molecule has 1 amide bonds. The van der Waals surface area contributed by atoms with Gasteiger partial charge >= 0.3 is 5.97 Å². The van der Waals surface area contributed by atoms with Gasteiger partial charge in [0.15, 0.2) is 6.61 Å². The van der Waals surface area contributed by atoms with Crippen molar-refractivity contribution < 1.29 is 22.7 Å². The molecule has 0 aliphatic carbocycles. The van der Waals surface area contributed by atoms with E-state index in [4.69, 9.17) is 4.74 Å². The Morgan fingerprint density at radius 3 is 2.50 bits per heavy atom. The lowest BCUT2D eigenvalue weighted by Crippen LogP contribution is -2.44. The van der Waals surface area contributed by atoms with Crippen LogP contribution in [0, 0.1) is 6.92 Å². The number of esters is 1. The zero-order valence-electron chi connectivity index (χ0n) is 17.1. The zero-order valence-corrected chi connectivity index (χ0v) is 17.9. The maximum Gasteiger partial charge on any atom is 0.338 e. The number of aryl methyl sites for hydroxylation is 1. The second-order valence-corrected chi connectivity index (χ2v) is 8.98. The molecule has 2 rings (SSSR count). The molecule has 156 valence electrons. The molecule has 1 aliphatic rings. The fourth-order valence-corrected chi connectivity index (χ4v) is 5.18. The molecule has 1 atom stereocenters. The van der Waals surface area contributed by atoms with Crippen LogP contribution in [0.1, 0.15) is 56.0 Å². The monoisotopic (exact) mass is 410 g/mol. The minimum absolute atomic E-state index is 0.0848. The van der Waals surface area contributed by atoms with Crippen LogP contribution in [0.2, 0.25) is 0 Å². The van der Waals surface area contributed by atoms with Crippen molar-refractivity contribution in [2.24, 2.45) is 0 Å². The van der Waals surface area contributed by atoms with Gasteiger partial charge in [-0.2, -0.15) is 4.31 Å². The molecule has 8 heteroatoms. The number of carbonyl (C=O) groups excluding carboxylic acids is 2. The number of piperidine rings is 1. The van der Waals surface area contributed by atoms with Gasteiger partial charge in [0, 0.05) is 25.7 Å². The molecule has 0 N–H and O–H groups in total. The van der Waals surface area contributed by atoms with E-state index in [1.54, 1.807) is 31.7 Å². The molecule has 0 aromatic heterocycles. The molecule has 1 unspecified atom stereocenters. The van der Waals surface area contributed by atoms with Crippen molar-refractivity contribution in [3.63, 3.8) is 0 Å². The molecule has 0 spiro atoms. The summed E-state index contributed by atoms with van der Waals surface area (Å²) in [6.45, 7) is 8.23. The van der Waals surface area contributed by atoms with Gasteiger partial charge in [0.2, 0.25) is 10.0 Å². The molecular formula is C20H30N2O5S. The fraction of sp³-hybridized carbons (Fsp3) is 0.600. The Morgan fingerprint density at radius 1 is 1.21 bits per heavy atom. The Hall–Kier alpha value is -1.93. The lowest BCUT2D eigenvalue weighted by molar-refractivity contribution is -0.137. The van der Waals surface area contributed by atoms with Crippen LogP contribution < -0.4 is 0 Å². The van der Waals surface area contributed by atoms with Crippen LogP contribution in [0.5, 0.6) is 0 Å². The molecule has 7 nitrogen and oxygen atoms in total. The Bertz CT molecular complexity index is 818. The maximum atomic E-state index is 12.8. The number of hydrogen-bond acceptors (Lipinski definition) is 5. The number of amides is 1. The second-order valence-electron chi connectivity index (χ2n) is 7.08. The van der Waals surface area contributed by atoms with E-state index < -0.39 is 16.0 Å². The molecule has 1 saturated heterocycles. The van der Waals surface area contributed by atoms with Crippen molar-refractivity contribution in [3.05, 3.63) is 29.3 Å². The number of sulfonamides is 1. The number of carbonyl (C=O) groups is 2. The van der Waals surface area contributed by atoms with Crippen LogP contribution in [0.15, 0.2) is 23.1 Å². The van der Waals surface area contributed by atoms with Crippen molar-refractivity contribution in [2.75, 3.05) is 26.2 Å². The number of rotatable bonds is 7. The molecule has 0 saturated carbocycles. The maximum absolute atomic E-state index is 12.8. The van der Waals surface area contributed by atoms with Gasteiger partial charge in [0.05, 0.1) is 10.5 Å². The summed E-state index contributed by atoms with van der Waals surface area (Å²) in [7, 11) is -3.69. The number of hydrogen-bond donors (Lipinski definition) is 0. The summed E-state index contributed by atoms with van der Waals surface area (Å²) in [6.07, 6.45) is 3.00. The largest absolute Gasteiger partial charge is 0.452 e. The Labute approximate surface area is 167 Å². The van der Waals surface area contributed by atoms with E-state index in [1.807, 2.05) is 6.92 Å². The highest BCUT2D eigenvalue weighted by molar-refractivity contribution is 7.89. The van der Waals surface area contributed by atoms with E-state index in [-0.39, 0.29) is 29.0 Å². The number of likely N-dealkylation sites (tertiary alicyclic amines) is 1. The zero-order chi connectivity index (χ0) is 20.9. The Kier molecular flexibility index (Phi) is 7.60. The van der Waals surface area contributed by atoms with Gasteiger partial charge in [-0.1, -0.05) is 19.9 Å². The predicted octanol–water partition coefficient (Wildman–Crippen LogP) is 2.58. The molecule has 0 bridgehead atoms. The molecule has 1 fully saturated rings. The summed E-state index contributed by atoms with van der Waals surface area (Å²) in [5, 5.41) is 0. The van der Waals surface area contributed by atoms with Crippen molar-refractivity contribution >= 4 is 21.9 Å². The highest BCUT2D eigenvalue weighted by Gasteiger charge is 2.26. The van der Waals surface area contributed by atoms with Crippen molar-refractivity contribution in [1.29, 1.82) is 0 Å². The standard InChI is InChI=1S/C20H30N2O5S/c1-5-21(6-2)28(25,26)18-13-17(11-10-15(18)3)20(24)27-14-19(23)22-12-8-7-9-16(22)4/h10-11,13,16H,5-9,12,14H2,1-4H3. The van der Waals surface area contributed by atoms with Gasteiger partial charge in [0.25, 0.3) is 5.91 Å². The SMILES string of the molecule is CCN(CC)S(=O)(=O)c1cc(C(=O)OCC(=O)N2CCCCC2C)ccc1C. The van der Waals surface area contributed by atoms with Gasteiger partial charge in [-0.15, -0.1) is 0 Å². The summed E-state index contributed by atoms with van der Waals surface area (Å²) in [4.78, 5) is 26.6. The van der Waals surface area contributed by atoms with Crippen molar-refractivity contribution in [3.8, 4) is 0 Å². The quantitative estimate of drug-likeness (QED) is 0.645.